The van der Waals surface area contributed by atoms with Gasteiger partial charge in [0.25, 0.3) is 0 Å². The SMILES string of the molecule is CCC(=O)C(O)C(=O)[C@@]1(O)[C@H](C)C[C@H]2[C@@H]3CCC4=CC(=O)C(C(=O)[C@@H](N)[C@@H](C)CC)=C[C@]4(C)[C@@]3(F)[C@@H](O)C[C@@]21C. The molecule has 0 heterocycles. The topological polar surface area (TPSA) is 155 Å². The molecule has 0 radical (unpaired) electrons. The van der Waals surface area contributed by atoms with E-state index in [-0.39, 0.29) is 37.2 Å². The summed E-state index contributed by atoms with van der Waals surface area (Å²) in [5, 5.41) is 34.1. The molecule has 0 aromatic carbocycles. The lowest BCUT2D eigenvalue weighted by Crippen LogP contribution is -2.70. The smallest absolute Gasteiger partial charge is 0.201 e. The molecule has 0 aromatic rings. The van der Waals surface area contributed by atoms with Crippen LogP contribution in [0.5, 0.6) is 0 Å². The standard InChI is InChI=1S/C31H44FNO7/c1-7-15(3)24(33)25(37)18-13-28(5)17(12-22(18)35)9-10-19-20-11-16(4)31(40,27(39)26(38)21(34)8-2)29(20,6)14-23(36)30(19,28)32/h12-13,15-16,19-20,23-24,26,36,38,40H,7-11,14,33H2,1-6H3/t15-,16+,19-,20-,23-,24-,26?,28-,29-,30-,31-/m0/s1. The maximum Gasteiger partial charge on any atom is 0.201 e. The molecule has 4 rings (SSSR count). The first-order chi connectivity index (χ1) is 18.5. The molecular formula is C31H44FNO7. The molecule has 0 saturated heterocycles. The van der Waals surface area contributed by atoms with Gasteiger partial charge < -0.3 is 21.1 Å². The molecule has 8 nitrogen and oxygen atoms in total. The summed E-state index contributed by atoms with van der Waals surface area (Å²) in [5.74, 6) is -5.08. The van der Waals surface area contributed by atoms with E-state index in [1.165, 1.54) is 19.1 Å². The van der Waals surface area contributed by atoms with E-state index in [9.17, 15) is 34.5 Å². The minimum Gasteiger partial charge on any atom is -0.390 e. The van der Waals surface area contributed by atoms with E-state index in [0.717, 1.165) is 0 Å². The molecule has 0 aliphatic heterocycles. The van der Waals surface area contributed by atoms with Crippen molar-refractivity contribution in [2.45, 2.75) is 110 Å². The van der Waals surface area contributed by atoms with Crippen LogP contribution in [0.3, 0.4) is 0 Å². The number of nitrogens with two attached hydrogens (primary N) is 1. The molecular weight excluding hydrogens is 517 g/mol. The Labute approximate surface area is 235 Å². The maximum absolute atomic E-state index is 17.8. The third kappa shape index (κ3) is 3.83. The number of aliphatic hydroxyl groups is 3. The molecule has 0 aromatic heterocycles. The molecule has 40 heavy (non-hydrogen) atoms. The summed E-state index contributed by atoms with van der Waals surface area (Å²) in [6, 6.07) is -0.928. The van der Waals surface area contributed by atoms with Crippen molar-refractivity contribution in [1.29, 1.82) is 0 Å². The van der Waals surface area contributed by atoms with Gasteiger partial charge >= 0.3 is 0 Å². The second-order valence-electron chi connectivity index (χ2n) is 13.2. The Bertz CT molecular complexity index is 1200. The average Bonchev–Trinajstić information content (AvgIpc) is 3.12. The van der Waals surface area contributed by atoms with Crippen molar-refractivity contribution in [2.24, 2.45) is 40.2 Å². The van der Waals surface area contributed by atoms with Crippen LogP contribution >= 0.6 is 0 Å². The fraction of sp³-hybridized carbons (Fsp3) is 0.742. The molecule has 222 valence electrons. The minimum atomic E-state index is -2.31. The van der Waals surface area contributed by atoms with Gasteiger partial charge in [0, 0.05) is 23.2 Å². The van der Waals surface area contributed by atoms with Gasteiger partial charge in [0.2, 0.25) is 5.78 Å². The quantitative estimate of drug-likeness (QED) is 0.260. The number of allylic oxidation sites excluding steroid dienone is 3. The summed E-state index contributed by atoms with van der Waals surface area (Å²) in [4.78, 5) is 52.0. The molecule has 3 saturated carbocycles. The number of rotatable bonds is 8. The van der Waals surface area contributed by atoms with Crippen molar-refractivity contribution in [3.63, 3.8) is 0 Å². The summed E-state index contributed by atoms with van der Waals surface area (Å²) < 4.78 is 17.8. The van der Waals surface area contributed by atoms with Crippen LogP contribution in [0.15, 0.2) is 23.3 Å². The maximum atomic E-state index is 17.8. The molecule has 1 unspecified atom stereocenters. The van der Waals surface area contributed by atoms with Gasteiger partial charge in [0.05, 0.1) is 17.7 Å². The van der Waals surface area contributed by atoms with Crippen molar-refractivity contribution in [1.82, 2.24) is 0 Å². The van der Waals surface area contributed by atoms with E-state index in [2.05, 4.69) is 0 Å². The molecule has 4 aliphatic rings. The van der Waals surface area contributed by atoms with E-state index < -0.39 is 81.2 Å². The lowest BCUT2D eigenvalue weighted by Gasteiger charge is -2.62. The van der Waals surface area contributed by atoms with E-state index in [0.29, 0.717) is 18.4 Å². The minimum absolute atomic E-state index is 0.0867. The number of carbonyl (C=O) groups excluding carboxylic acids is 4. The van der Waals surface area contributed by atoms with E-state index >= 15 is 4.39 Å². The first-order valence-electron chi connectivity index (χ1n) is 14.6. The first kappa shape index (κ1) is 30.9. The van der Waals surface area contributed by atoms with E-state index in [1.54, 1.807) is 20.8 Å². The van der Waals surface area contributed by atoms with Crippen LogP contribution in [0.25, 0.3) is 0 Å². The number of hydrogen-bond donors (Lipinski definition) is 4. The van der Waals surface area contributed by atoms with Gasteiger partial charge in [0.1, 0.15) is 5.60 Å². The summed E-state index contributed by atoms with van der Waals surface area (Å²) in [6.07, 6.45) is 0.101. The van der Waals surface area contributed by atoms with Crippen molar-refractivity contribution in [2.75, 3.05) is 0 Å². The molecule has 0 bridgehead atoms. The van der Waals surface area contributed by atoms with Crippen LogP contribution in [-0.2, 0) is 19.2 Å². The van der Waals surface area contributed by atoms with Gasteiger partial charge in [-0.15, -0.1) is 0 Å². The lowest BCUT2D eigenvalue weighted by molar-refractivity contribution is -0.221. The third-order valence-electron chi connectivity index (χ3n) is 11.4. The number of halogens is 1. The van der Waals surface area contributed by atoms with E-state index in [1.807, 2.05) is 13.8 Å². The number of aliphatic hydroxyl groups excluding tert-OH is 2. The van der Waals surface area contributed by atoms with Crippen LogP contribution in [-0.4, -0.2) is 68.0 Å². The fourth-order valence-electron chi connectivity index (χ4n) is 8.60. The monoisotopic (exact) mass is 561 g/mol. The van der Waals surface area contributed by atoms with Gasteiger partial charge in [-0.2, -0.15) is 0 Å². The molecule has 11 atom stereocenters. The highest BCUT2D eigenvalue weighted by Gasteiger charge is 2.76. The van der Waals surface area contributed by atoms with Crippen molar-refractivity contribution in [3.8, 4) is 0 Å². The zero-order valence-electron chi connectivity index (χ0n) is 24.4. The van der Waals surface area contributed by atoms with Crippen molar-refractivity contribution < 1.29 is 38.9 Å². The second kappa shape index (κ2) is 10.0. The summed E-state index contributed by atoms with van der Waals surface area (Å²) in [5.41, 5.74) is -0.771. The van der Waals surface area contributed by atoms with Gasteiger partial charge in [-0.1, -0.05) is 52.7 Å². The molecule has 4 aliphatic carbocycles. The molecule has 0 spiro atoms. The van der Waals surface area contributed by atoms with Gasteiger partial charge in [-0.25, -0.2) is 4.39 Å². The molecule has 0 amide bonds. The Morgan fingerprint density at radius 2 is 1.82 bits per heavy atom. The van der Waals surface area contributed by atoms with Gasteiger partial charge in [-0.3, -0.25) is 19.2 Å². The third-order valence-corrected chi connectivity index (χ3v) is 11.4. The number of ketones is 4. The number of Topliss-reactive ketones (excluding diaryl/α,β-unsaturated/α-hetero) is 3. The predicted molar refractivity (Wildman–Crippen MR) is 146 cm³/mol. The fourth-order valence-corrected chi connectivity index (χ4v) is 8.60. The lowest BCUT2D eigenvalue weighted by atomic mass is 9.44. The zero-order chi connectivity index (χ0) is 30.2. The van der Waals surface area contributed by atoms with Gasteiger partial charge in [-0.05, 0) is 56.4 Å². The first-order valence-corrected chi connectivity index (χ1v) is 14.6. The molecule has 5 N–H and O–H groups in total. The molecule has 3 fully saturated rings. The van der Waals surface area contributed by atoms with Crippen molar-refractivity contribution >= 4 is 23.1 Å². The largest absolute Gasteiger partial charge is 0.390 e. The summed E-state index contributed by atoms with van der Waals surface area (Å²) in [7, 11) is 0. The Morgan fingerprint density at radius 3 is 2.40 bits per heavy atom. The van der Waals surface area contributed by atoms with E-state index in [4.69, 9.17) is 5.73 Å². The summed E-state index contributed by atoms with van der Waals surface area (Å²) >= 11 is 0. The second-order valence-corrected chi connectivity index (χ2v) is 13.2. The number of carbonyl (C=O) groups is 4. The van der Waals surface area contributed by atoms with Crippen LogP contribution in [0.4, 0.5) is 4.39 Å². The Hall–Kier alpha value is -2.07. The van der Waals surface area contributed by atoms with Crippen LogP contribution in [0, 0.1) is 34.5 Å². The Balaban J connectivity index is 1.79. The van der Waals surface area contributed by atoms with Gasteiger partial charge in [0.15, 0.2) is 29.1 Å². The highest BCUT2D eigenvalue weighted by atomic mass is 19.1. The zero-order valence-corrected chi connectivity index (χ0v) is 24.4. The van der Waals surface area contributed by atoms with Crippen molar-refractivity contribution in [3.05, 3.63) is 23.3 Å². The highest BCUT2D eigenvalue weighted by Crippen LogP contribution is 2.71. The van der Waals surface area contributed by atoms with Crippen LogP contribution in [0.2, 0.25) is 0 Å². The number of fused-ring (bicyclic) bond motifs is 5. The highest BCUT2D eigenvalue weighted by molar-refractivity contribution is 6.26. The Morgan fingerprint density at radius 1 is 1.20 bits per heavy atom. The average molecular weight is 562 g/mol. The normalized spacial score (nSPS) is 42.9. The summed E-state index contributed by atoms with van der Waals surface area (Å²) in [6.45, 7) is 10.1. The van der Waals surface area contributed by atoms with Crippen LogP contribution in [0.1, 0.15) is 80.1 Å². The number of hydrogen-bond acceptors (Lipinski definition) is 8. The molecule has 9 heteroatoms. The predicted octanol–water partition coefficient (Wildman–Crippen LogP) is 2.56. The Kier molecular flexibility index (Phi) is 7.75. The van der Waals surface area contributed by atoms with Crippen LogP contribution < -0.4 is 5.73 Å². The number of alkyl halides is 1.